The normalized spacial score (nSPS) is 17.0. The van der Waals surface area contributed by atoms with E-state index in [2.05, 4.69) is 15.5 Å². The Morgan fingerprint density at radius 3 is 2.24 bits per heavy atom. The number of piperidine rings is 1. The average molecular weight is 390 g/mol. The van der Waals surface area contributed by atoms with Gasteiger partial charge in [-0.05, 0) is 37.5 Å². The summed E-state index contributed by atoms with van der Waals surface area (Å²) < 4.78 is 1.98. The molecule has 1 fully saturated rings. The fraction of sp³-hybridized carbons (Fsp3) is 0.348. The van der Waals surface area contributed by atoms with Gasteiger partial charge < -0.3 is 14.8 Å². The van der Waals surface area contributed by atoms with Crippen LogP contribution in [0.4, 0.5) is 5.69 Å². The molecule has 1 aliphatic rings. The highest BCUT2D eigenvalue weighted by atomic mass is 16.2. The van der Waals surface area contributed by atoms with Crippen molar-refractivity contribution in [1.82, 2.24) is 19.7 Å². The average Bonchev–Trinajstić information content (AvgIpc) is 3.20. The third-order valence-electron chi connectivity index (χ3n) is 5.84. The summed E-state index contributed by atoms with van der Waals surface area (Å²) in [4.78, 5) is 15.7. The molecule has 0 spiro atoms. The van der Waals surface area contributed by atoms with Gasteiger partial charge in [-0.2, -0.15) is 0 Å². The SMILES string of the molecule is Cn1cnnc1C1CCN(C(=O)C(C)(Nc2ccccc2)c2ccccc2)CC1. The van der Waals surface area contributed by atoms with Gasteiger partial charge in [0.2, 0.25) is 0 Å². The highest BCUT2D eigenvalue weighted by molar-refractivity contribution is 5.90. The zero-order chi connectivity index (χ0) is 20.3. The van der Waals surface area contributed by atoms with Gasteiger partial charge in [0.25, 0.3) is 5.91 Å². The molecule has 1 atom stereocenters. The zero-order valence-electron chi connectivity index (χ0n) is 17.0. The molecular formula is C23H27N5O. The number of nitrogens with zero attached hydrogens (tertiary/aromatic N) is 4. The number of anilines is 1. The van der Waals surface area contributed by atoms with Gasteiger partial charge in [0, 0.05) is 31.7 Å². The van der Waals surface area contributed by atoms with Crippen molar-refractivity contribution in [2.24, 2.45) is 7.05 Å². The van der Waals surface area contributed by atoms with E-state index < -0.39 is 5.54 Å². The van der Waals surface area contributed by atoms with E-state index in [1.165, 1.54) is 0 Å². The first-order valence-electron chi connectivity index (χ1n) is 10.1. The number of rotatable bonds is 5. The minimum absolute atomic E-state index is 0.101. The Balaban J connectivity index is 1.55. The lowest BCUT2D eigenvalue weighted by molar-refractivity contribution is -0.137. The van der Waals surface area contributed by atoms with Crippen molar-refractivity contribution in [3.05, 3.63) is 78.4 Å². The van der Waals surface area contributed by atoms with Gasteiger partial charge in [0.05, 0.1) is 0 Å². The molecule has 6 nitrogen and oxygen atoms in total. The van der Waals surface area contributed by atoms with Crippen molar-refractivity contribution in [1.29, 1.82) is 0 Å². The van der Waals surface area contributed by atoms with Crippen LogP contribution in [0.25, 0.3) is 0 Å². The maximum absolute atomic E-state index is 13.7. The fourth-order valence-electron chi connectivity index (χ4n) is 4.15. The molecule has 0 aliphatic carbocycles. The molecule has 4 rings (SSSR count). The van der Waals surface area contributed by atoms with Crippen LogP contribution in [0.2, 0.25) is 0 Å². The molecule has 29 heavy (non-hydrogen) atoms. The third-order valence-corrected chi connectivity index (χ3v) is 5.84. The van der Waals surface area contributed by atoms with Crippen molar-refractivity contribution >= 4 is 11.6 Å². The first kappa shape index (κ1) is 19.2. The van der Waals surface area contributed by atoms with Crippen molar-refractivity contribution in [2.75, 3.05) is 18.4 Å². The van der Waals surface area contributed by atoms with Crippen LogP contribution in [0.15, 0.2) is 67.0 Å². The number of benzene rings is 2. The summed E-state index contributed by atoms with van der Waals surface area (Å²) >= 11 is 0. The first-order chi connectivity index (χ1) is 14.1. The number of carbonyl (C=O) groups is 1. The summed E-state index contributed by atoms with van der Waals surface area (Å²) in [6, 6.07) is 19.9. The molecule has 1 aromatic heterocycles. The quantitative estimate of drug-likeness (QED) is 0.725. The number of aryl methyl sites for hydroxylation is 1. The zero-order valence-corrected chi connectivity index (χ0v) is 17.0. The van der Waals surface area contributed by atoms with Crippen LogP contribution in [-0.4, -0.2) is 38.7 Å². The Morgan fingerprint density at radius 2 is 1.66 bits per heavy atom. The highest BCUT2D eigenvalue weighted by Gasteiger charge is 2.40. The first-order valence-corrected chi connectivity index (χ1v) is 10.1. The Hall–Kier alpha value is -3.15. The lowest BCUT2D eigenvalue weighted by Crippen LogP contribution is -2.52. The molecule has 6 heteroatoms. The van der Waals surface area contributed by atoms with Crippen molar-refractivity contribution < 1.29 is 4.79 Å². The minimum Gasteiger partial charge on any atom is -0.368 e. The number of aromatic nitrogens is 3. The molecule has 2 aromatic carbocycles. The lowest BCUT2D eigenvalue weighted by Gasteiger charge is -2.39. The second-order valence-corrected chi connectivity index (χ2v) is 7.85. The maximum Gasteiger partial charge on any atom is 0.252 e. The van der Waals surface area contributed by atoms with Crippen LogP contribution in [0.5, 0.6) is 0 Å². The van der Waals surface area contributed by atoms with Gasteiger partial charge in [-0.15, -0.1) is 10.2 Å². The van der Waals surface area contributed by atoms with Crippen LogP contribution in [-0.2, 0) is 17.4 Å². The van der Waals surface area contributed by atoms with Crippen LogP contribution in [0.1, 0.15) is 37.1 Å². The van der Waals surface area contributed by atoms with Crippen LogP contribution >= 0.6 is 0 Å². The van der Waals surface area contributed by atoms with E-state index in [1.807, 2.05) is 84.1 Å². The van der Waals surface area contributed by atoms with Crippen LogP contribution in [0, 0.1) is 0 Å². The number of hydrogen-bond acceptors (Lipinski definition) is 4. The van der Waals surface area contributed by atoms with Gasteiger partial charge in [0.1, 0.15) is 17.7 Å². The van der Waals surface area contributed by atoms with E-state index >= 15 is 0 Å². The van der Waals surface area contributed by atoms with E-state index in [0.29, 0.717) is 5.92 Å². The second-order valence-electron chi connectivity index (χ2n) is 7.85. The largest absolute Gasteiger partial charge is 0.368 e. The molecule has 1 amide bonds. The summed E-state index contributed by atoms with van der Waals surface area (Å²) in [6.45, 7) is 3.41. The Kier molecular flexibility index (Phi) is 5.34. The van der Waals surface area contributed by atoms with E-state index in [0.717, 1.165) is 43.0 Å². The van der Waals surface area contributed by atoms with Crippen molar-refractivity contribution in [3.63, 3.8) is 0 Å². The predicted molar refractivity (Wildman–Crippen MR) is 113 cm³/mol. The van der Waals surface area contributed by atoms with Gasteiger partial charge in [0.15, 0.2) is 0 Å². The van der Waals surface area contributed by atoms with Crippen LogP contribution in [0.3, 0.4) is 0 Å². The monoisotopic (exact) mass is 389 g/mol. The van der Waals surface area contributed by atoms with Gasteiger partial charge in [-0.1, -0.05) is 48.5 Å². The van der Waals surface area contributed by atoms with E-state index in [9.17, 15) is 4.79 Å². The smallest absolute Gasteiger partial charge is 0.252 e. The number of likely N-dealkylation sites (tertiary alicyclic amines) is 1. The second kappa shape index (κ2) is 8.07. The van der Waals surface area contributed by atoms with Crippen molar-refractivity contribution in [3.8, 4) is 0 Å². The molecule has 1 N–H and O–H groups in total. The maximum atomic E-state index is 13.7. The lowest BCUT2D eigenvalue weighted by atomic mass is 9.88. The summed E-state index contributed by atoms with van der Waals surface area (Å²) in [5.74, 6) is 1.45. The number of amides is 1. The minimum atomic E-state index is -0.833. The molecule has 0 saturated carbocycles. The van der Waals surface area contributed by atoms with Gasteiger partial charge in [-0.25, -0.2) is 0 Å². The molecular weight excluding hydrogens is 362 g/mol. The Morgan fingerprint density at radius 1 is 1.03 bits per heavy atom. The number of nitrogens with one attached hydrogen (secondary N) is 1. The van der Waals surface area contributed by atoms with Gasteiger partial charge >= 0.3 is 0 Å². The van der Waals surface area contributed by atoms with E-state index in [1.54, 1.807) is 6.33 Å². The predicted octanol–water partition coefficient (Wildman–Crippen LogP) is 3.55. The van der Waals surface area contributed by atoms with E-state index in [4.69, 9.17) is 0 Å². The summed E-state index contributed by atoms with van der Waals surface area (Å²) in [7, 11) is 1.98. The molecule has 0 bridgehead atoms. The highest BCUT2D eigenvalue weighted by Crippen LogP contribution is 2.32. The van der Waals surface area contributed by atoms with E-state index in [-0.39, 0.29) is 5.91 Å². The Bertz CT molecular complexity index is 948. The number of hydrogen-bond donors (Lipinski definition) is 1. The van der Waals surface area contributed by atoms with Crippen molar-refractivity contribution in [2.45, 2.75) is 31.2 Å². The summed E-state index contributed by atoms with van der Waals surface area (Å²) in [5, 5.41) is 11.8. The standard InChI is InChI=1S/C23H27N5O/c1-23(19-9-5-3-6-10-19,25-20-11-7-4-8-12-20)22(29)28-15-13-18(14-16-28)21-26-24-17-27(21)2/h3-12,17-18,25H,13-16H2,1-2H3. The number of para-hydroxylation sites is 1. The molecule has 0 radical (unpaired) electrons. The molecule has 150 valence electrons. The molecule has 1 unspecified atom stereocenters. The van der Waals surface area contributed by atoms with Crippen LogP contribution < -0.4 is 5.32 Å². The third kappa shape index (κ3) is 3.88. The molecule has 1 saturated heterocycles. The molecule has 1 aliphatic heterocycles. The number of carbonyl (C=O) groups excluding carboxylic acids is 1. The summed E-state index contributed by atoms with van der Waals surface area (Å²) in [6.07, 6.45) is 3.53. The van der Waals surface area contributed by atoms with Gasteiger partial charge in [-0.3, -0.25) is 4.79 Å². The molecule has 2 heterocycles. The topological polar surface area (TPSA) is 63.1 Å². The summed E-state index contributed by atoms with van der Waals surface area (Å²) in [5.41, 5.74) is 1.06. The Labute approximate surface area is 171 Å². The fourth-order valence-corrected chi connectivity index (χ4v) is 4.15. The molecule has 3 aromatic rings.